The topological polar surface area (TPSA) is 77.5 Å². The zero-order chi connectivity index (χ0) is 25.7. The number of nitrogens with zero attached hydrogens (tertiary/aromatic N) is 1. The third kappa shape index (κ3) is 8.11. The van der Waals surface area contributed by atoms with Crippen LogP contribution in [0.1, 0.15) is 47.1 Å². The van der Waals surface area contributed by atoms with Crippen molar-refractivity contribution < 1.29 is 28.5 Å². The van der Waals surface area contributed by atoms with E-state index in [1.54, 1.807) is 12.0 Å². The smallest absolute Gasteiger partial charge is 0.410 e. The number of aliphatic hydroxyl groups is 1. The summed E-state index contributed by atoms with van der Waals surface area (Å²) in [5.74, 6) is 0.793. The number of benzene rings is 1. The van der Waals surface area contributed by atoms with Gasteiger partial charge in [-0.2, -0.15) is 0 Å². The summed E-state index contributed by atoms with van der Waals surface area (Å²) >= 11 is 0. The van der Waals surface area contributed by atoms with Crippen LogP contribution in [-0.2, 0) is 20.5 Å². The summed E-state index contributed by atoms with van der Waals surface area (Å²) in [6, 6.07) is 7.34. The lowest BCUT2D eigenvalue weighted by atomic mass is 10.0. The van der Waals surface area contributed by atoms with Gasteiger partial charge < -0.3 is 23.7 Å². The summed E-state index contributed by atoms with van der Waals surface area (Å²) in [5, 5.41) is 10.8. The Morgan fingerprint density at radius 3 is 2.24 bits per heavy atom. The normalized spacial score (nSPS) is 19.6. The van der Waals surface area contributed by atoms with E-state index in [1.807, 2.05) is 51.1 Å². The highest BCUT2D eigenvalue weighted by molar-refractivity contribution is 6.74. The van der Waals surface area contributed by atoms with Crippen LogP contribution in [0.5, 0.6) is 5.75 Å². The van der Waals surface area contributed by atoms with Crippen LogP contribution in [0.4, 0.5) is 4.79 Å². The molecular formula is C26H43NO6Si. The largest absolute Gasteiger partial charge is 0.497 e. The first kappa shape index (κ1) is 28.4. The van der Waals surface area contributed by atoms with Gasteiger partial charge in [-0.3, -0.25) is 4.90 Å². The fourth-order valence-corrected chi connectivity index (χ4v) is 4.24. The van der Waals surface area contributed by atoms with E-state index in [2.05, 4.69) is 33.9 Å². The lowest BCUT2D eigenvalue weighted by molar-refractivity contribution is 0.0000166. The molecule has 0 bridgehead atoms. The molecule has 1 heterocycles. The van der Waals surface area contributed by atoms with E-state index in [0.29, 0.717) is 13.2 Å². The molecule has 1 N–H and O–H groups in total. The average molecular weight is 494 g/mol. The molecule has 1 aliphatic heterocycles. The minimum absolute atomic E-state index is 0.0476. The SMILES string of the molecule is COc1ccc(COCC2=CC(CO[Si](C)(C)C(C)(C)C)N(C(=O)OC(C)(C)C)CC2O)cc1. The molecule has 0 saturated carbocycles. The van der Waals surface area contributed by atoms with Gasteiger partial charge >= 0.3 is 6.09 Å². The summed E-state index contributed by atoms with van der Waals surface area (Å²) in [6.07, 6.45) is 0.622. The Labute approximate surface area is 206 Å². The number of hydrogen-bond acceptors (Lipinski definition) is 6. The lowest BCUT2D eigenvalue weighted by Gasteiger charge is -2.41. The zero-order valence-corrected chi connectivity index (χ0v) is 23.3. The monoisotopic (exact) mass is 493 g/mol. The van der Waals surface area contributed by atoms with E-state index >= 15 is 0 Å². The van der Waals surface area contributed by atoms with Crippen LogP contribution in [0.3, 0.4) is 0 Å². The summed E-state index contributed by atoms with van der Waals surface area (Å²) in [4.78, 5) is 14.5. The van der Waals surface area contributed by atoms with Gasteiger partial charge in [0, 0.05) is 0 Å². The van der Waals surface area contributed by atoms with E-state index in [4.69, 9.17) is 18.6 Å². The second-order valence-electron chi connectivity index (χ2n) is 11.4. The number of carbonyl (C=O) groups excluding carboxylic acids is 1. The number of carbonyl (C=O) groups is 1. The molecule has 0 aromatic heterocycles. The Balaban J connectivity index is 2.14. The van der Waals surface area contributed by atoms with Gasteiger partial charge in [-0.05, 0) is 62.2 Å². The van der Waals surface area contributed by atoms with Crippen LogP contribution in [0.25, 0.3) is 0 Å². The number of hydrogen-bond donors (Lipinski definition) is 1. The van der Waals surface area contributed by atoms with E-state index < -0.39 is 26.1 Å². The Morgan fingerprint density at radius 1 is 1.09 bits per heavy atom. The molecule has 34 heavy (non-hydrogen) atoms. The van der Waals surface area contributed by atoms with Crippen molar-refractivity contribution in [3.05, 3.63) is 41.5 Å². The first-order chi connectivity index (χ1) is 15.6. The number of amides is 1. The molecule has 7 nitrogen and oxygen atoms in total. The molecule has 8 heteroatoms. The molecule has 0 fully saturated rings. The molecule has 1 amide bonds. The Kier molecular flexibility index (Phi) is 9.38. The van der Waals surface area contributed by atoms with Crippen LogP contribution in [-0.4, -0.2) is 69.0 Å². The fraction of sp³-hybridized carbons (Fsp3) is 0.654. The maximum atomic E-state index is 12.9. The molecule has 2 rings (SSSR count). The van der Waals surface area contributed by atoms with Crippen molar-refractivity contribution in [1.29, 1.82) is 0 Å². The summed E-state index contributed by atoms with van der Waals surface area (Å²) < 4.78 is 23.1. The van der Waals surface area contributed by atoms with Crippen molar-refractivity contribution in [1.82, 2.24) is 4.90 Å². The van der Waals surface area contributed by atoms with Crippen LogP contribution in [0.15, 0.2) is 35.9 Å². The van der Waals surface area contributed by atoms with E-state index in [-0.39, 0.29) is 24.2 Å². The molecular weight excluding hydrogens is 450 g/mol. The molecule has 0 aliphatic carbocycles. The van der Waals surface area contributed by atoms with E-state index in [1.165, 1.54) is 0 Å². The highest BCUT2D eigenvalue weighted by Crippen LogP contribution is 2.37. The molecule has 2 unspecified atom stereocenters. The number of methoxy groups -OCH3 is 1. The van der Waals surface area contributed by atoms with Crippen molar-refractivity contribution in [2.75, 3.05) is 26.9 Å². The molecule has 1 aromatic rings. The van der Waals surface area contributed by atoms with Gasteiger partial charge in [0.2, 0.25) is 0 Å². The third-order valence-corrected chi connectivity index (χ3v) is 10.9. The molecule has 0 radical (unpaired) electrons. The number of aliphatic hydroxyl groups excluding tert-OH is 1. The van der Waals surface area contributed by atoms with Gasteiger partial charge in [-0.25, -0.2) is 4.79 Å². The van der Waals surface area contributed by atoms with Gasteiger partial charge in [0.25, 0.3) is 0 Å². The van der Waals surface area contributed by atoms with Crippen molar-refractivity contribution in [3.8, 4) is 5.75 Å². The molecule has 1 aromatic carbocycles. The Hall–Kier alpha value is -1.87. The number of ether oxygens (including phenoxy) is 3. The van der Waals surface area contributed by atoms with Gasteiger partial charge in [0.05, 0.1) is 45.6 Å². The fourth-order valence-electron chi connectivity index (χ4n) is 3.22. The predicted octanol–water partition coefficient (Wildman–Crippen LogP) is 5.14. The quantitative estimate of drug-likeness (QED) is 0.399. The van der Waals surface area contributed by atoms with Crippen LogP contribution < -0.4 is 4.74 Å². The van der Waals surface area contributed by atoms with Crippen molar-refractivity contribution in [3.63, 3.8) is 0 Å². The van der Waals surface area contributed by atoms with Gasteiger partial charge in [0.15, 0.2) is 8.32 Å². The summed E-state index contributed by atoms with van der Waals surface area (Å²) in [5.41, 5.74) is 1.13. The van der Waals surface area contributed by atoms with Gasteiger partial charge in [0.1, 0.15) is 11.4 Å². The van der Waals surface area contributed by atoms with E-state index in [0.717, 1.165) is 16.9 Å². The highest BCUT2D eigenvalue weighted by atomic mass is 28.4. The van der Waals surface area contributed by atoms with Crippen LogP contribution >= 0.6 is 0 Å². The Bertz CT molecular complexity index is 838. The molecule has 1 aliphatic rings. The summed E-state index contributed by atoms with van der Waals surface area (Å²) in [7, 11) is -0.395. The molecule has 192 valence electrons. The average Bonchev–Trinajstić information content (AvgIpc) is 2.72. The van der Waals surface area contributed by atoms with Crippen molar-refractivity contribution >= 4 is 14.4 Å². The lowest BCUT2D eigenvalue weighted by Crippen LogP contribution is -2.53. The zero-order valence-electron chi connectivity index (χ0n) is 22.3. The molecule has 2 atom stereocenters. The number of β-amino-alcohol motifs (C(OH)–C–C–N with tert-alkyl or cyclic N) is 1. The van der Waals surface area contributed by atoms with Gasteiger partial charge in [-0.15, -0.1) is 0 Å². The maximum Gasteiger partial charge on any atom is 0.410 e. The van der Waals surface area contributed by atoms with E-state index in [9.17, 15) is 9.90 Å². The van der Waals surface area contributed by atoms with Crippen LogP contribution in [0.2, 0.25) is 18.1 Å². The Morgan fingerprint density at radius 2 is 1.71 bits per heavy atom. The number of rotatable bonds is 8. The van der Waals surface area contributed by atoms with Crippen molar-refractivity contribution in [2.45, 2.75) is 84.0 Å². The minimum Gasteiger partial charge on any atom is -0.497 e. The second-order valence-corrected chi connectivity index (χ2v) is 16.2. The van der Waals surface area contributed by atoms with Crippen molar-refractivity contribution in [2.24, 2.45) is 0 Å². The standard InChI is InChI=1S/C26H43NO6Si/c1-25(2,3)33-24(29)27-15-23(28)20(14-21(27)18-32-34(8,9)26(4,5)6)17-31-16-19-10-12-22(30-7)13-11-19/h10-14,21,23,28H,15-18H2,1-9H3. The first-order valence-corrected chi connectivity index (χ1v) is 14.8. The molecule has 0 spiro atoms. The third-order valence-electron chi connectivity index (χ3n) is 6.35. The second kappa shape index (κ2) is 11.2. The highest BCUT2D eigenvalue weighted by Gasteiger charge is 2.40. The predicted molar refractivity (Wildman–Crippen MR) is 137 cm³/mol. The molecule has 0 saturated heterocycles. The van der Waals surface area contributed by atoms with Gasteiger partial charge in [-0.1, -0.05) is 39.0 Å². The summed E-state index contributed by atoms with van der Waals surface area (Å²) in [6.45, 7) is 17.6. The first-order valence-electron chi connectivity index (χ1n) is 11.9. The minimum atomic E-state index is -2.03. The maximum absolute atomic E-state index is 12.9. The van der Waals surface area contributed by atoms with Crippen LogP contribution in [0, 0.1) is 0 Å².